The highest BCUT2D eigenvalue weighted by Gasteiger charge is 2.24. The molecule has 0 spiro atoms. The zero-order chi connectivity index (χ0) is 15.6. The summed E-state index contributed by atoms with van der Waals surface area (Å²) in [5, 5.41) is 8.57. The highest BCUT2D eigenvalue weighted by Crippen LogP contribution is 2.28. The first-order valence-corrected chi connectivity index (χ1v) is 8.64. The number of amides is 1. The lowest BCUT2D eigenvalue weighted by Crippen LogP contribution is -2.36. The Hall–Kier alpha value is -1.52. The van der Waals surface area contributed by atoms with Crippen molar-refractivity contribution in [3.05, 3.63) is 51.7 Å². The minimum absolute atomic E-state index is 0. The highest BCUT2D eigenvalue weighted by atomic mass is 35.5. The molecule has 2 heterocycles. The molecule has 0 fully saturated rings. The fraction of sp³-hybridized carbons (Fsp3) is 0.389. The zero-order valence-corrected chi connectivity index (χ0v) is 15.2. The molecule has 0 unspecified atom stereocenters. The van der Waals surface area contributed by atoms with Crippen LogP contribution >= 0.6 is 23.7 Å². The Labute approximate surface area is 147 Å². The molecule has 2 aromatic rings. The first-order valence-electron chi connectivity index (χ1n) is 7.76. The van der Waals surface area contributed by atoms with E-state index in [-0.39, 0.29) is 23.7 Å². The van der Waals surface area contributed by atoms with Crippen molar-refractivity contribution in [1.29, 1.82) is 0 Å². The van der Waals surface area contributed by atoms with Gasteiger partial charge in [-0.25, -0.2) is 0 Å². The smallest absolute Gasteiger partial charge is 0.251 e. The topological polar surface area (TPSA) is 41.1 Å². The standard InChI is InChI=1S/C18H22N2OS.ClH/c1-18(2,16-9-5-11-22-16)12-20-17(21)14-6-3-8-15-13(14)7-4-10-19-15;/h3,5-6,8-9,11,19H,4,7,10,12H2,1-2H3,(H,20,21);1H. The normalized spacial score (nSPS) is 13.5. The molecule has 3 nitrogen and oxygen atoms in total. The van der Waals surface area contributed by atoms with Crippen molar-refractivity contribution in [3.8, 4) is 0 Å². The molecular formula is C18H23ClN2OS. The van der Waals surface area contributed by atoms with Crippen LogP contribution in [0, 0.1) is 0 Å². The fourth-order valence-corrected chi connectivity index (χ4v) is 3.72. The van der Waals surface area contributed by atoms with Crippen molar-refractivity contribution in [2.75, 3.05) is 18.4 Å². The second-order valence-corrected chi connectivity index (χ2v) is 7.35. The average Bonchev–Trinajstić information content (AvgIpc) is 3.07. The molecule has 1 aliphatic heterocycles. The van der Waals surface area contributed by atoms with Crippen LogP contribution in [0.1, 0.15) is 41.1 Å². The van der Waals surface area contributed by atoms with E-state index in [0.29, 0.717) is 6.54 Å². The number of carbonyl (C=O) groups excluding carboxylic acids is 1. The molecule has 1 aliphatic rings. The third kappa shape index (κ3) is 3.88. The molecular weight excluding hydrogens is 328 g/mol. The van der Waals surface area contributed by atoms with Crippen LogP contribution in [-0.4, -0.2) is 19.0 Å². The third-order valence-corrected chi connectivity index (χ3v) is 5.45. The molecule has 0 aliphatic carbocycles. The summed E-state index contributed by atoms with van der Waals surface area (Å²) in [7, 11) is 0. The Kier molecular flexibility index (Phi) is 5.71. The maximum Gasteiger partial charge on any atom is 0.251 e. The minimum Gasteiger partial charge on any atom is -0.385 e. The van der Waals surface area contributed by atoms with Crippen molar-refractivity contribution >= 4 is 35.3 Å². The van der Waals surface area contributed by atoms with Crippen molar-refractivity contribution in [2.45, 2.75) is 32.1 Å². The van der Waals surface area contributed by atoms with Crippen LogP contribution in [0.25, 0.3) is 0 Å². The third-order valence-electron chi connectivity index (χ3n) is 4.22. The first-order chi connectivity index (χ1) is 10.6. The summed E-state index contributed by atoms with van der Waals surface area (Å²) in [5.41, 5.74) is 3.03. The van der Waals surface area contributed by atoms with E-state index in [1.54, 1.807) is 11.3 Å². The number of fused-ring (bicyclic) bond motifs is 1. The van der Waals surface area contributed by atoms with Gasteiger partial charge < -0.3 is 10.6 Å². The Morgan fingerprint density at radius 3 is 2.87 bits per heavy atom. The lowest BCUT2D eigenvalue weighted by atomic mass is 9.91. The summed E-state index contributed by atoms with van der Waals surface area (Å²) in [4.78, 5) is 13.9. The Balaban J connectivity index is 0.00000192. The summed E-state index contributed by atoms with van der Waals surface area (Å²) < 4.78 is 0. The molecule has 5 heteroatoms. The van der Waals surface area contributed by atoms with E-state index in [4.69, 9.17) is 0 Å². The van der Waals surface area contributed by atoms with Gasteiger partial charge in [-0.05, 0) is 42.0 Å². The van der Waals surface area contributed by atoms with E-state index in [2.05, 4.69) is 48.1 Å². The zero-order valence-electron chi connectivity index (χ0n) is 13.5. The SMILES string of the molecule is CC(C)(CNC(=O)c1cccc2c1CCCN2)c1cccs1.Cl. The molecule has 0 bridgehead atoms. The van der Waals surface area contributed by atoms with Gasteiger partial charge in [-0.3, -0.25) is 4.79 Å². The second kappa shape index (κ2) is 7.37. The van der Waals surface area contributed by atoms with Crippen molar-refractivity contribution in [2.24, 2.45) is 0 Å². The van der Waals surface area contributed by atoms with E-state index in [1.165, 1.54) is 4.88 Å². The van der Waals surface area contributed by atoms with E-state index < -0.39 is 0 Å². The molecule has 0 atom stereocenters. The van der Waals surface area contributed by atoms with Crippen LogP contribution in [0.2, 0.25) is 0 Å². The number of carbonyl (C=O) groups is 1. The van der Waals surface area contributed by atoms with Gasteiger partial charge in [-0.2, -0.15) is 0 Å². The van der Waals surface area contributed by atoms with Gasteiger partial charge in [0.05, 0.1) is 0 Å². The molecule has 1 aromatic carbocycles. The number of halogens is 1. The van der Waals surface area contributed by atoms with Crippen LogP contribution in [0.4, 0.5) is 5.69 Å². The van der Waals surface area contributed by atoms with E-state index in [1.807, 2.05) is 12.1 Å². The van der Waals surface area contributed by atoms with Gasteiger partial charge in [-0.15, -0.1) is 23.7 Å². The number of hydrogen-bond donors (Lipinski definition) is 2. The van der Waals surface area contributed by atoms with E-state index >= 15 is 0 Å². The van der Waals surface area contributed by atoms with Crippen LogP contribution in [-0.2, 0) is 11.8 Å². The average molecular weight is 351 g/mol. The Morgan fingerprint density at radius 2 is 2.13 bits per heavy atom. The van der Waals surface area contributed by atoms with Crippen molar-refractivity contribution < 1.29 is 4.79 Å². The maximum atomic E-state index is 12.6. The van der Waals surface area contributed by atoms with Gasteiger partial charge >= 0.3 is 0 Å². The number of anilines is 1. The van der Waals surface area contributed by atoms with Crippen LogP contribution in [0.5, 0.6) is 0 Å². The minimum atomic E-state index is -0.0447. The van der Waals surface area contributed by atoms with Crippen LogP contribution in [0.3, 0.4) is 0 Å². The van der Waals surface area contributed by atoms with Crippen LogP contribution in [0.15, 0.2) is 35.7 Å². The largest absolute Gasteiger partial charge is 0.385 e. The van der Waals surface area contributed by atoms with Gasteiger partial charge in [0.1, 0.15) is 0 Å². The highest BCUT2D eigenvalue weighted by molar-refractivity contribution is 7.10. The molecule has 23 heavy (non-hydrogen) atoms. The molecule has 0 radical (unpaired) electrons. The van der Waals surface area contributed by atoms with Crippen molar-refractivity contribution in [1.82, 2.24) is 5.32 Å². The number of thiophene rings is 1. The van der Waals surface area contributed by atoms with E-state index in [0.717, 1.165) is 36.2 Å². The molecule has 2 N–H and O–H groups in total. The number of nitrogens with one attached hydrogen (secondary N) is 2. The molecule has 124 valence electrons. The van der Waals surface area contributed by atoms with Crippen molar-refractivity contribution in [3.63, 3.8) is 0 Å². The summed E-state index contributed by atoms with van der Waals surface area (Å²) in [5.74, 6) is 0.0326. The van der Waals surface area contributed by atoms with Gasteiger partial charge in [-0.1, -0.05) is 26.0 Å². The number of rotatable bonds is 4. The van der Waals surface area contributed by atoms with Gasteiger partial charge in [0.15, 0.2) is 0 Å². The monoisotopic (exact) mass is 350 g/mol. The molecule has 1 amide bonds. The Bertz CT molecular complexity index is 668. The number of benzene rings is 1. The van der Waals surface area contributed by atoms with Gasteiger partial charge in [0.2, 0.25) is 0 Å². The lowest BCUT2D eigenvalue weighted by molar-refractivity contribution is 0.0945. The number of hydrogen-bond acceptors (Lipinski definition) is 3. The molecule has 0 saturated heterocycles. The summed E-state index contributed by atoms with van der Waals surface area (Å²) in [6.07, 6.45) is 2.05. The second-order valence-electron chi connectivity index (χ2n) is 6.41. The van der Waals surface area contributed by atoms with Gasteiger partial charge in [0.25, 0.3) is 5.91 Å². The van der Waals surface area contributed by atoms with Gasteiger partial charge in [0, 0.05) is 34.6 Å². The molecule has 3 rings (SSSR count). The van der Waals surface area contributed by atoms with E-state index in [9.17, 15) is 4.79 Å². The summed E-state index contributed by atoms with van der Waals surface area (Å²) >= 11 is 1.74. The predicted octanol–water partition coefficient (Wildman–Crippen LogP) is 4.24. The predicted molar refractivity (Wildman–Crippen MR) is 100 cm³/mol. The molecule has 0 saturated carbocycles. The lowest BCUT2D eigenvalue weighted by Gasteiger charge is -2.25. The Morgan fingerprint density at radius 1 is 1.30 bits per heavy atom. The maximum absolute atomic E-state index is 12.6. The van der Waals surface area contributed by atoms with Crippen LogP contribution < -0.4 is 10.6 Å². The summed E-state index contributed by atoms with van der Waals surface area (Å²) in [6, 6.07) is 10.1. The molecule has 1 aromatic heterocycles. The summed E-state index contributed by atoms with van der Waals surface area (Å²) in [6.45, 7) is 5.97. The first kappa shape index (κ1) is 17.8. The quantitative estimate of drug-likeness (QED) is 0.866. The fourth-order valence-electron chi connectivity index (χ4n) is 2.87.